The highest BCUT2D eigenvalue weighted by molar-refractivity contribution is 9.10. The van der Waals surface area contributed by atoms with Crippen molar-refractivity contribution in [1.82, 2.24) is 15.0 Å². The first kappa shape index (κ1) is 11.8. The molecule has 0 aliphatic heterocycles. The van der Waals surface area contributed by atoms with Gasteiger partial charge in [-0.1, -0.05) is 6.92 Å². The quantitative estimate of drug-likeness (QED) is 0.668. The van der Waals surface area contributed by atoms with Crippen LogP contribution in [0.3, 0.4) is 0 Å². The monoisotopic (exact) mass is 295 g/mol. The minimum Gasteiger partial charge on any atom is -0.309 e. The van der Waals surface area contributed by atoms with E-state index in [4.69, 9.17) is 0 Å². The van der Waals surface area contributed by atoms with Crippen molar-refractivity contribution in [2.75, 3.05) is 0 Å². The average Bonchev–Trinajstić information content (AvgIpc) is 2.69. The summed E-state index contributed by atoms with van der Waals surface area (Å²) in [5, 5.41) is 0. The number of aromatic amines is 2. The molecule has 0 saturated heterocycles. The number of aryl methyl sites for hydroxylation is 1. The highest BCUT2D eigenvalue weighted by Gasteiger charge is 2.16. The molecular weight excluding hydrogens is 286 g/mol. The number of H-pyrrole nitrogens is 2. The fourth-order valence-electron chi connectivity index (χ4n) is 1.57. The number of carbonyl (C=O) groups is 1. The standard InChI is InChI=1S/C11H10BrN3O2/c1-2-7-9(15-11(17)14-7)10(16)6-3-4-13-8(12)5-6/h3-5H,2H2,1H3,(H2,14,15,17). The van der Waals surface area contributed by atoms with Crippen molar-refractivity contribution >= 4 is 21.7 Å². The van der Waals surface area contributed by atoms with E-state index in [1.54, 1.807) is 12.1 Å². The van der Waals surface area contributed by atoms with E-state index in [1.165, 1.54) is 6.20 Å². The molecule has 2 N–H and O–H groups in total. The Labute approximate surface area is 105 Å². The number of hydrogen-bond donors (Lipinski definition) is 2. The third kappa shape index (κ3) is 2.36. The lowest BCUT2D eigenvalue weighted by atomic mass is 10.1. The van der Waals surface area contributed by atoms with Gasteiger partial charge in [-0.15, -0.1) is 0 Å². The third-order valence-electron chi connectivity index (χ3n) is 2.37. The van der Waals surface area contributed by atoms with E-state index in [0.29, 0.717) is 28.0 Å². The number of hydrogen-bond acceptors (Lipinski definition) is 3. The van der Waals surface area contributed by atoms with Crippen LogP contribution in [0.2, 0.25) is 0 Å². The molecule has 2 aromatic heterocycles. The molecule has 2 heterocycles. The van der Waals surface area contributed by atoms with Crippen LogP contribution < -0.4 is 5.69 Å². The minimum absolute atomic E-state index is 0.219. The van der Waals surface area contributed by atoms with Gasteiger partial charge in [0.2, 0.25) is 5.78 Å². The van der Waals surface area contributed by atoms with Gasteiger partial charge >= 0.3 is 5.69 Å². The molecule has 0 unspecified atom stereocenters. The van der Waals surface area contributed by atoms with Crippen molar-refractivity contribution < 1.29 is 4.79 Å². The molecule has 88 valence electrons. The molecule has 0 atom stereocenters. The van der Waals surface area contributed by atoms with Gasteiger partial charge in [0.15, 0.2) is 0 Å². The Morgan fingerprint density at radius 3 is 2.88 bits per heavy atom. The molecule has 0 saturated carbocycles. The zero-order valence-electron chi connectivity index (χ0n) is 9.08. The summed E-state index contributed by atoms with van der Waals surface area (Å²) in [5.74, 6) is -0.219. The topological polar surface area (TPSA) is 78.6 Å². The van der Waals surface area contributed by atoms with E-state index in [9.17, 15) is 9.59 Å². The summed E-state index contributed by atoms with van der Waals surface area (Å²) >= 11 is 3.20. The molecule has 0 fully saturated rings. The zero-order chi connectivity index (χ0) is 12.4. The summed E-state index contributed by atoms with van der Waals surface area (Å²) in [6, 6.07) is 3.23. The maximum atomic E-state index is 12.2. The summed E-state index contributed by atoms with van der Waals surface area (Å²) in [4.78, 5) is 32.4. The Kier molecular flexibility index (Phi) is 3.23. The van der Waals surface area contributed by atoms with E-state index in [-0.39, 0.29) is 11.5 Å². The highest BCUT2D eigenvalue weighted by atomic mass is 79.9. The van der Waals surface area contributed by atoms with E-state index in [1.807, 2.05) is 6.92 Å². The molecule has 0 aliphatic carbocycles. The molecule has 0 bridgehead atoms. The molecular formula is C11H10BrN3O2. The minimum atomic E-state index is -0.363. The number of rotatable bonds is 3. The Bertz CT molecular complexity index is 615. The maximum Gasteiger partial charge on any atom is 0.323 e. The van der Waals surface area contributed by atoms with Gasteiger partial charge < -0.3 is 9.97 Å². The normalized spacial score (nSPS) is 10.5. The number of carbonyl (C=O) groups excluding carboxylic acids is 1. The predicted molar refractivity (Wildman–Crippen MR) is 66.2 cm³/mol. The van der Waals surface area contributed by atoms with Crippen LogP contribution in [0.15, 0.2) is 27.7 Å². The van der Waals surface area contributed by atoms with Gasteiger partial charge in [0.1, 0.15) is 10.3 Å². The van der Waals surface area contributed by atoms with Crippen LogP contribution in [-0.4, -0.2) is 20.7 Å². The van der Waals surface area contributed by atoms with Crippen molar-refractivity contribution in [3.8, 4) is 0 Å². The number of imidazole rings is 1. The van der Waals surface area contributed by atoms with E-state index < -0.39 is 0 Å². The Morgan fingerprint density at radius 2 is 2.24 bits per heavy atom. The summed E-state index contributed by atoms with van der Waals surface area (Å²) in [6.07, 6.45) is 2.12. The van der Waals surface area contributed by atoms with Gasteiger partial charge in [0, 0.05) is 17.5 Å². The summed E-state index contributed by atoms with van der Waals surface area (Å²) in [5.41, 5.74) is 1.05. The van der Waals surface area contributed by atoms with Crippen LogP contribution in [0.4, 0.5) is 0 Å². The first-order chi connectivity index (χ1) is 8.11. The number of ketones is 1. The van der Waals surface area contributed by atoms with E-state index >= 15 is 0 Å². The second-order valence-electron chi connectivity index (χ2n) is 3.48. The van der Waals surface area contributed by atoms with Crippen molar-refractivity contribution in [3.05, 3.63) is 50.4 Å². The fraction of sp³-hybridized carbons (Fsp3) is 0.182. The summed E-state index contributed by atoms with van der Waals surface area (Å²) < 4.78 is 0.583. The van der Waals surface area contributed by atoms with Crippen LogP contribution in [0, 0.1) is 0 Å². The predicted octanol–water partition coefficient (Wildman–Crippen LogP) is 1.65. The number of pyridine rings is 1. The molecule has 0 aromatic carbocycles. The lowest BCUT2D eigenvalue weighted by Gasteiger charge is -2.00. The molecule has 0 aliphatic rings. The van der Waals surface area contributed by atoms with Crippen LogP contribution in [0.5, 0.6) is 0 Å². The Balaban J connectivity index is 2.47. The number of aromatic nitrogens is 3. The third-order valence-corrected chi connectivity index (χ3v) is 2.81. The van der Waals surface area contributed by atoms with Gasteiger partial charge in [-0.05, 0) is 34.5 Å². The fourth-order valence-corrected chi connectivity index (χ4v) is 1.93. The molecule has 0 radical (unpaired) electrons. The molecule has 2 rings (SSSR count). The Morgan fingerprint density at radius 1 is 1.47 bits per heavy atom. The molecule has 0 amide bonds. The van der Waals surface area contributed by atoms with Gasteiger partial charge in [-0.2, -0.15) is 0 Å². The molecule has 17 heavy (non-hydrogen) atoms. The van der Waals surface area contributed by atoms with Crippen LogP contribution >= 0.6 is 15.9 Å². The second-order valence-corrected chi connectivity index (χ2v) is 4.30. The van der Waals surface area contributed by atoms with Gasteiger partial charge in [0.25, 0.3) is 0 Å². The zero-order valence-corrected chi connectivity index (χ0v) is 10.7. The van der Waals surface area contributed by atoms with Gasteiger partial charge in [-0.25, -0.2) is 9.78 Å². The number of nitrogens with zero attached hydrogens (tertiary/aromatic N) is 1. The van der Waals surface area contributed by atoms with Crippen molar-refractivity contribution in [3.63, 3.8) is 0 Å². The van der Waals surface area contributed by atoms with E-state index in [2.05, 4.69) is 30.9 Å². The van der Waals surface area contributed by atoms with Crippen molar-refractivity contribution in [2.24, 2.45) is 0 Å². The van der Waals surface area contributed by atoms with Gasteiger partial charge in [-0.3, -0.25) is 4.79 Å². The molecule has 0 spiro atoms. The molecule has 2 aromatic rings. The average molecular weight is 296 g/mol. The second kappa shape index (κ2) is 4.67. The van der Waals surface area contributed by atoms with Crippen LogP contribution in [0.25, 0.3) is 0 Å². The maximum absolute atomic E-state index is 12.2. The smallest absolute Gasteiger partial charge is 0.309 e. The van der Waals surface area contributed by atoms with Crippen LogP contribution in [-0.2, 0) is 6.42 Å². The first-order valence-electron chi connectivity index (χ1n) is 5.09. The largest absolute Gasteiger partial charge is 0.323 e. The van der Waals surface area contributed by atoms with Crippen molar-refractivity contribution in [1.29, 1.82) is 0 Å². The molecule has 5 nitrogen and oxygen atoms in total. The SMILES string of the molecule is CCc1[nH]c(=O)[nH]c1C(=O)c1ccnc(Br)c1. The lowest BCUT2D eigenvalue weighted by molar-refractivity contribution is 0.103. The van der Waals surface area contributed by atoms with E-state index in [0.717, 1.165) is 0 Å². The molecule has 6 heteroatoms. The number of nitrogens with one attached hydrogen (secondary N) is 2. The number of halogens is 1. The lowest BCUT2D eigenvalue weighted by Crippen LogP contribution is -2.07. The first-order valence-corrected chi connectivity index (χ1v) is 5.88. The van der Waals surface area contributed by atoms with Gasteiger partial charge in [0.05, 0.1) is 0 Å². The Hall–Kier alpha value is -1.69. The van der Waals surface area contributed by atoms with Crippen LogP contribution in [0.1, 0.15) is 28.7 Å². The van der Waals surface area contributed by atoms with Crippen molar-refractivity contribution in [2.45, 2.75) is 13.3 Å². The highest BCUT2D eigenvalue weighted by Crippen LogP contribution is 2.13. The summed E-state index contributed by atoms with van der Waals surface area (Å²) in [6.45, 7) is 1.87. The summed E-state index contributed by atoms with van der Waals surface area (Å²) in [7, 11) is 0.